The van der Waals surface area contributed by atoms with Crippen molar-refractivity contribution in [1.29, 1.82) is 0 Å². The van der Waals surface area contributed by atoms with Gasteiger partial charge in [-0.3, -0.25) is 14.2 Å². The Kier molecular flexibility index (Phi) is 10.1. The summed E-state index contributed by atoms with van der Waals surface area (Å²) in [6, 6.07) is 9.96. The average Bonchev–Trinajstić information content (AvgIpc) is 3.09. The van der Waals surface area contributed by atoms with E-state index in [2.05, 4.69) is 46.4 Å². The van der Waals surface area contributed by atoms with Crippen LogP contribution in [0, 0.1) is 3.57 Å². The number of benzene rings is 2. The first-order valence-electron chi connectivity index (χ1n) is 11.8. The van der Waals surface area contributed by atoms with Gasteiger partial charge in [0, 0.05) is 28.4 Å². The molecule has 0 bridgehead atoms. The molecule has 1 aromatic heterocycles. The lowest BCUT2D eigenvalue weighted by Crippen LogP contribution is -2.29. The number of esters is 1. The van der Waals surface area contributed by atoms with Crippen molar-refractivity contribution in [3.63, 3.8) is 0 Å². The maximum atomic E-state index is 13.2. The number of hydrogen-bond donors (Lipinski definition) is 0. The highest BCUT2D eigenvalue weighted by Crippen LogP contribution is 2.33. The lowest BCUT2D eigenvalue weighted by Gasteiger charge is -2.24. The molecule has 0 N–H and O–H groups in total. The Bertz CT molecular complexity index is 1380. The Balaban J connectivity index is 2.10. The van der Waals surface area contributed by atoms with Gasteiger partial charge in [0.15, 0.2) is 0 Å². The third kappa shape index (κ3) is 8.34. The van der Waals surface area contributed by atoms with Crippen molar-refractivity contribution in [2.45, 2.75) is 32.8 Å². The molecule has 0 radical (unpaired) electrons. The van der Waals surface area contributed by atoms with Gasteiger partial charge in [0.05, 0.1) is 29.8 Å². The molecule has 0 saturated carbocycles. The number of halogens is 4. The number of aromatic nitrogens is 2. The Hall–Kier alpha value is -2.32. The zero-order valence-electron chi connectivity index (χ0n) is 21.7. The van der Waals surface area contributed by atoms with E-state index in [4.69, 9.17) is 9.47 Å². The summed E-state index contributed by atoms with van der Waals surface area (Å²) in [4.78, 5) is 28.6. The smallest absolute Gasteiger partial charge is 0.416 e. The largest absolute Gasteiger partial charge is 0.466 e. The molecule has 1 heterocycles. The van der Waals surface area contributed by atoms with Gasteiger partial charge >= 0.3 is 12.1 Å². The lowest BCUT2D eigenvalue weighted by atomic mass is 10.1. The first kappa shape index (κ1) is 30.2. The molecular weight excluding hydrogens is 634 g/mol. The van der Waals surface area contributed by atoms with E-state index >= 15 is 0 Å². The van der Waals surface area contributed by atoms with Crippen molar-refractivity contribution >= 4 is 55.5 Å². The summed E-state index contributed by atoms with van der Waals surface area (Å²) in [5.41, 5.74) is 0.693. The predicted octanol–water partition coefficient (Wildman–Crippen LogP) is 5.43. The minimum absolute atomic E-state index is 0.109. The van der Waals surface area contributed by atoms with Gasteiger partial charge in [-0.1, -0.05) is 6.07 Å². The van der Waals surface area contributed by atoms with Crippen molar-refractivity contribution in [1.82, 2.24) is 9.13 Å². The number of ether oxygens (including phenoxy) is 2. The monoisotopic (exact) mass is 665 g/mol. The second-order valence-electron chi connectivity index (χ2n) is 9.53. The zero-order chi connectivity index (χ0) is 28.1. The van der Waals surface area contributed by atoms with Crippen LogP contribution in [0.1, 0.15) is 29.3 Å². The molecule has 0 saturated heterocycles. The summed E-state index contributed by atoms with van der Waals surface area (Å²) in [6.45, 7) is 2.48. The van der Waals surface area contributed by atoms with E-state index in [0.29, 0.717) is 19.6 Å². The fourth-order valence-corrected chi connectivity index (χ4v) is 4.75. The van der Waals surface area contributed by atoms with E-state index < -0.39 is 33.6 Å². The second-order valence-corrected chi connectivity index (χ2v) is 15.4. The summed E-state index contributed by atoms with van der Waals surface area (Å²) in [5, 5.41) is 0. The van der Waals surface area contributed by atoms with Gasteiger partial charge < -0.3 is 14.0 Å². The van der Waals surface area contributed by atoms with E-state index in [1.165, 1.54) is 19.1 Å². The number of rotatable bonds is 10. The molecule has 7 nitrogen and oxygen atoms in total. The molecule has 0 unspecified atom stereocenters. The molecule has 1 amide bonds. The van der Waals surface area contributed by atoms with Gasteiger partial charge in [0.2, 0.25) is 5.62 Å². The Morgan fingerprint density at radius 2 is 1.76 bits per heavy atom. The minimum atomic E-state index is -4.58. The van der Waals surface area contributed by atoms with Crippen LogP contribution in [0.5, 0.6) is 0 Å². The number of fused-ring (bicyclic) bond motifs is 1. The molecule has 38 heavy (non-hydrogen) atoms. The number of carbonyl (C=O) groups excluding carboxylic acids is 2. The SMILES string of the molecule is CC(=O)OCCCn1c(=NC(=O)c2cccc(C(F)(F)F)c2)n(COCCS(C)(C)C)c2cc(I)ccc21. The molecule has 0 aliphatic carbocycles. The Morgan fingerprint density at radius 1 is 1.03 bits per heavy atom. The Morgan fingerprint density at radius 3 is 2.42 bits per heavy atom. The molecule has 2 aromatic carbocycles. The van der Waals surface area contributed by atoms with E-state index in [0.717, 1.165) is 32.5 Å². The third-order valence-electron chi connectivity index (χ3n) is 5.53. The third-order valence-corrected chi connectivity index (χ3v) is 7.59. The van der Waals surface area contributed by atoms with Crippen molar-refractivity contribution in [3.8, 4) is 0 Å². The molecule has 0 aliphatic rings. The summed E-state index contributed by atoms with van der Waals surface area (Å²) >= 11 is 2.19. The number of nitrogens with zero attached hydrogens (tertiary/aromatic N) is 3. The number of imidazole rings is 1. The van der Waals surface area contributed by atoms with Gasteiger partial charge in [0.25, 0.3) is 5.91 Å². The zero-order valence-corrected chi connectivity index (χ0v) is 24.7. The molecule has 0 aliphatic heterocycles. The van der Waals surface area contributed by atoms with Crippen molar-refractivity contribution < 1.29 is 32.2 Å². The van der Waals surface area contributed by atoms with Crippen LogP contribution in [0.15, 0.2) is 47.5 Å². The normalized spacial score (nSPS) is 13.2. The second kappa shape index (κ2) is 12.7. The van der Waals surface area contributed by atoms with Crippen molar-refractivity contribution in [3.05, 3.63) is 62.8 Å². The van der Waals surface area contributed by atoms with Gasteiger partial charge in [-0.05, 0) is 84.2 Å². The minimum Gasteiger partial charge on any atom is -0.466 e. The summed E-state index contributed by atoms with van der Waals surface area (Å²) in [7, 11) is -0.777. The summed E-state index contributed by atoms with van der Waals surface area (Å²) < 4.78 is 55.3. The van der Waals surface area contributed by atoms with Crippen LogP contribution in [0.2, 0.25) is 0 Å². The standard InChI is InChI=1S/C26H31F3IN3O4S/c1-18(34)37-12-6-11-32-22-10-9-21(30)16-23(22)33(17-36-13-14-38(2,3)4)25(32)31-24(35)19-7-5-8-20(15-19)26(27,28)29/h5,7-10,15-16H,6,11-14,17H2,1-4H3. The highest BCUT2D eigenvalue weighted by atomic mass is 127. The predicted molar refractivity (Wildman–Crippen MR) is 151 cm³/mol. The first-order valence-corrected chi connectivity index (χ1v) is 15.9. The van der Waals surface area contributed by atoms with Crippen LogP contribution < -0.4 is 5.62 Å². The topological polar surface area (TPSA) is 74.8 Å². The van der Waals surface area contributed by atoms with Gasteiger partial charge in [0.1, 0.15) is 6.73 Å². The molecule has 0 atom stereocenters. The number of amides is 1. The van der Waals surface area contributed by atoms with Crippen LogP contribution in [0.25, 0.3) is 11.0 Å². The van der Waals surface area contributed by atoms with Crippen LogP contribution in [0.4, 0.5) is 13.2 Å². The molecule has 0 spiro atoms. The maximum Gasteiger partial charge on any atom is 0.416 e. The van der Waals surface area contributed by atoms with Crippen LogP contribution in [-0.2, 0) is 33.7 Å². The molecule has 208 valence electrons. The quantitative estimate of drug-likeness (QED) is 0.165. The molecule has 3 aromatic rings. The number of hydrogen-bond acceptors (Lipinski definition) is 4. The highest BCUT2D eigenvalue weighted by molar-refractivity contribution is 14.1. The van der Waals surface area contributed by atoms with Crippen LogP contribution >= 0.6 is 32.6 Å². The molecular formula is C26H31F3IN3O4S. The highest BCUT2D eigenvalue weighted by Gasteiger charge is 2.31. The average molecular weight is 666 g/mol. The summed E-state index contributed by atoms with van der Waals surface area (Å²) in [6.07, 6.45) is 2.44. The molecule has 12 heteroatoms. The fraction of sp³-hybridized carbons (Fsp3) is 0.423. The van der Waals surface area contributed by atoms with E-state index in [1.54, 1.807) is 9.13 Å². The van der Waals surface area contributed by atoms with E-state index in [-0.39, 0.29) is 24.5 Å². The van der Waals surface area contributed by atoms with Crippen molar-refractivity contribution in [2.75, 3.05) is 37.7 Å². The van der Waals surface area contributed by atoms with Gasteiger partial charge in [-0.2, -0.15) is 18.2 Å². The van der Waals surface area contributed by atoms with Gasteiger partial charge in [-0.25, -0.2) is 10.0 Å². The van der Waals surface area contributed by atoms with Crippen molar-refractivity contribution in [2.24, 2.45) is 4.99 Å². The van der Waals surface area contributed by atoms with E-state index in [9.17, 15) is 22.8 Å². The number of alkyl halides is 3. The Labute approximate surface area is 234 Å². The fourth-order valence-electron chi connectivity index (χ4n) is 3.66. The van der Waals surface area contributed by atoms with Gasteiger partial charge in [-0.15, -0.1) is 0 Å². The first-order chi connectivity index (χ1) is 17.8. The van der Waals surface area contributed by atoms with Crippen LogP contribution in [0.3, 0.4) is 0 Å². The van der Waals surface area contributed by atoms with Crippen LogP contribution in [-0.4, -0.2) is 58.7 Å². The number of carbonyl (C=O) groups is 2. The lowest BCUT2D eigenvalue weighted by molar-refractivity contribution is -0.141. The summed E-state index contributed by atoms with van der Waals surface area (Å²) in [5.74, 6) is -0.310. The number of aryl methyl sites for hydroxylation is 1. The molecule has 0 fully saturated rings. The maximum absolute atomic E-state index is 13.2. The van der Waals surface area contributed by atoms with E-state index in [1.807, 2.05) is 18.2 Å². The molecule has 3 rings (SSSR count).